The number of hydrogen-bond donors (Lipinski definition) is 1. The zero-order valence-corrected chi connectivity index (χ0v) is 9.51. The van der Waals surface area contributed by atoms with Crippen molar-refractivity contribution in [3.05, 3.63) is 65.0 Å². The highest BCUT2D eigenvalue weighted by atomic mass is 16.3. The first-order valence-electron chi connectivity index (χ1n) is 5.33. The summed E-state index contributed by atoms with van der Waals surface area (Å²) in [5.41, 5.74) is 4.08. The predicted octanol–water partition coefficient (Wildman–Crippen LogP) is 2.78. The standard InChI is InChI=1S/C14H15NO/c1-10-6-11(2)8-13(7-10)14(16)12-4-3-5-15-9-12/h3-9,14,16H,1-2H3. The van der Waals surface area contributed by atoms with Crippen molar-refractivity contribution < 1.29 is 5.11 Å². The van der Waals surface area contributed by atoms with Crippen LogP contribution in [0.3, 0.4) is 0 Å². The largest absolute Gasteiger partial charge is 0.384 e. The van der Waals surface area contributed by atoms with Crippen LogP contribution in [0.25, 0.3) is 0 Å². The number of aliphatic hydroxyl groups is 1. The van der Waals surface area contributed by atoms with E-state index in [-0.39, 0.29) is 0 Å². The van der Waals surface area contributed by atoms with Crippen LogP contribution in [-0.2, 0) is 0 Å². The van der Waals surface area contributed by atoms with Crippen LogP contribution in [0.5, 0.6) is 0 Å². The monoisotopic (exact) mass is 213 g/mol. The van der Waals surface area contributed by atoms with Crippen LogP contribution in [-0.4, -0.2) is 10.1 Å². The van der Waals surface area contributed by atoms with Gasteiger partial charge in [0, 0.05) is 18.0 Å². The molecule has 16 heavy (non-hydrogen) atoms. The van der Waals surface area contributed by atoms with E-state index < -0.39 is 6.10 Å². The molecule has 2 nitrogen and oxygen atoms in total. The quantitative estimate of drug-likeness (QED) is 0.832. The van der Waals surface area contributed by atoms with Gasteiger partial charge in [-0.3, -0.25) is 4.98 Å². The Morgan fingerprint density at radius 3 is 2.31 bits per heavy atom. The third-order valence-electron chi connectivity index (χ3n) is 2.56. The molecule has 0 fully saturated rings. The van der Waals surface area contributed by atoms with Crippen molar-refractivity contribution in [1.82, 2.24) is 4.98 Å². The molecule has 1 aromatic carbocycles. The maximum atomic E-state index is 10.2. The lowest BCUT2D eigenvalue weighted by atomic mass is 9.99. The van der Waals surface area contributed by atoms with Crippen LogP contribution in [0.2, 0.25) is 0 Å². The number of aliphatic hydroxyl groups excluding tert-OH is 1. The van der Waals surface area contributed by atoms with Crippen molar-refractivity contribution in [3.8, 4) is 0 Å². The van der Waals surface area contributed by atoms with Gasteiger partial charge in [-0.1, -0.05) is 35.4 Å². The summed E-state index contributed by atoms with van der Waals surface area (Å²) in [6.45, 7) is 4.07. The maximum absolute atomic E-state index is 10.2. The van der Waals surface area contributed by atoms with E-state index in [0.717, 1.165) is 22.3 Å². The fourth-order valence-electron chi connectivity index (χ4n) is 1.90. The third kappa shape index (κ3) is 2.28. The lowest BCUT2D eigenvalue weighted by molar-refractivity contribution is 0.219. The van der Waals surface area contributed by atoms with Gasteiger partial charge in [0.25, 0.3) is 0 Å². The van der Waals surface area contributed by atoms with E-state index >= 15 is 0 Å². The molecule has 1 N–H and O–H groups in total. The Hall–Kier alpha value is -1.67. The number of aromatic nitrogens is 1. The van der Waals surface area contributed by atoms with E-state index in [1.807, 2.05) is 38.1 Å². The molecule has 0 bridgehead atoms. The molecule has 2 rings (SSSR count). The second-order valence-electron chi connectivity index (χ2n) is 4.11. The molecular weight excluding hydrogens is 198 g/mol. The molecule has 0 spiro atoms. The fraction of sp³-hybridized carbons (Fsp3) is 0.214. The second-order valence-corrected chi connectivity index (χ2v) is 4.11. The molecule has 0 saturated heterocycles. The fourth-order valence-corrected chi connectivity index (χ4v) is 1.90. The van der Waals surface area contributed by atoms with Crippen molar-refractivity contribution >= 4 is 0 Å². The molecule has 82 valence electrons. The molecule has 0 aliphatic heterocycles. The number of nitrogens with zero attached hydrogens (tertiary/aromatic N) is 1. The van der Waals surface area contributed by atoms with Gasteiger partial charge < -0.3 is 5.11 Å². The Labute approximate surface area is 95.6 Å². The third-order valence-corrected chi connectivity index (χ3v) is 2.56. The van der Waals surface area contributed by atoms with Gasteiger partial charge in [0.1, 0.15) is 6.10 Å². The van der Waals surface area contributed by atoms with Gasteiger partial charge in [-0.25, -0.2) is 0 Å². The first-order valence-corrected chi connectivity index (χ1v) is 5.33. The summed E-state index contributed by atoms with van der Waals surface area (Å²) in [6, 6.07) is 9.82. The van der Waals surface area contributed by atoms with Gasteiger partial charge in [-0.05, 0) is 25.5 Å². The van der Waals surface area contributed by atoms with Gasteiger partial charge in [0.15, 0.2) is 0 Å². The van der Waals surface area contributed by atoms with E-state index in [1.54, 1.807) is 12.4 Å². The molecule has 1 heterocycles. The van der Waals surface area contributed by atoms with E-state index in [4.69, 9.17) is 0 Å². The number of pyridine rings is 1. The van der Waals surface area contributed by atoms with Crippen molar-refractivity contribution in [2.24, 2.45) is 0 Å². The zero-order chi connectivity index (χ0) is 11.5. The molecule has 0 aliphatic rings. The van der Waals surface area contributed by atoms with Crippen LogP contribution in [0.1, 0.15) is 28.4 Å². The smallest absolute Gasteiger partial charge is 0.106 e. The molecule has 0 aliphatic carbocycles. The number of rotatable bonds is 2. The van der Waals surface area contributed by atoms with Crippen molar-refractivity contribution in [2.75, 3.05) is 0 Å². The molecular formula is C14H15NO. The summed E-state index contributed by atoms with van der Waals surface area (Å²) >= 11 is 0. The lowest BCUT2D eigenvalue weighted by Gasteiger charge is -2.12. The molecule has 1 atom stereocenters. The molecule has 1 unspecified atom stereocenters. The minimum atomic E-state index is -0.590. The summed E-state index contributed by atoms with van der Waals surface area (Å²) in [7, 11) is 0. The normalized spacial score (nSPS) is 12.4. The first-order chi connectivity index (χ1) is 7.66. The number of benzene rings is 1. The summed E-state index contributed by atoms with van der Waals surface area (Å²) < 4.78 is 0. The topological polar surface area (TPSA) is 33.1 Å². The summed E-state index contributed by atoms with van der Waals surface area (Å²) in [4.78, 5) is 4.02. The molecule has 0 saturated carbocycles. The molecule has 2 heteroatoms. The van der Waals surface area contributed by atoms with Gasteiger partial charge in [-0.2, -0.15) is 0 Å². The van der Waals surface area contributed by atoms with Gasteiger partial charge in [0.2, 0.25) is 0 Å². The maximum Gasteiger partial charge on any atom is 0.106 e. The van der Waals surface area contributed by atoms with Gasteiger partial charge >= 0.3 is 0 Å². The first kappa shape index (κ1) is 10.8. The lowest BCUT2D eigenvalue weighted by Crippen LogP contribution is -2.00. The van der Waals surface area contributed by atoms with Crippen LogP contribution >= 0.6 is 0 Å². The Kier molecular flexibility index (Phi) is 3.02. The number of hydrogen-bond acceptors (Lipinski definition) is 2. The van der Waals surface area contributed by atoms with Crippen LogP contribution < -0.4 is 0 Å². The average Bonchev–Trinajstić information content (AvgIpc) is 2.28. The SMILES string of the molecule is Cc1cc(C)cc(C(O)c2cccnc2)c1. The molecule has 1 aromatic heterocycles. The van der Waals surface area contributed by atoms with Crippen LogP contribution in [0.15, 0.2) is 42.7 Å². The molecule has 2 aromatic rings. The van der Waals surface area contributed by atoms with E-state index in [0.29, 0.717) is 0 Å². The Morgan fingerprint density at radius 1 is 1.06 bits per heavy atom. The van der Waals surface area contributed by atoms with Gasteiger partial charge in [0.05, 0.1) is 0 Å². The predicted molar refractivity (Wildman–Crippen MR) is 64.2 cm³/mol. The van der Waals surface area contributed by atoms with Crippen LogP contribution in [0, 0.1) is 13.8 Å². The van der Waals surface area contributed by atoms with Crippen molar-refractivity contribution in [2.45, 2.75) is 20.0 Å². The van der Waals surface area contributed by atoms with Gasteiger partial charge in [-0.15, -0.1) is 0 Å². The van der Waals surface area contributed by atoms with Crippen LogP contribution in [0.4, 0.5) is 0 Å². The average molecular weight is 213 g/mol. The Bertz CT molecular complexity index is 459. The molecule has 0 radical (unpaired) electrons. The van der Waals surface area contributed by atoms with Crippen molar-refractivity contribution in [3.63, 3.8) is 0 Å². The summed E-state index contributed by atoms with van der Waals surface area (Å²) in [6.07, 6.45) is 2.81. The minimum Gasteiger partial charge on any atom is -0.384 e. The van der Waals surface area contributed by atoms with Crippen molar-refractivity contribution in [1.29, 1.82) is 0 Å². The van der Waals surface area contributed by atoms with E-state index in [9.17, 15) is 5.11 Å². The highest BCUT2D eigenvalue weighted by molar-refractivity contribution is 5.34. The number of aryl methyl sites for hydroxylation is 2. The zero-order valence-electron chi connectivity index (χ0n) is 9.51. The Balaban J connectivity index is 2.37. The summed E-state index contributed by atoms with van der Waals surface area (Å²) in [5, 5.41) is 10.2. The molecule has 0 amide bonds. The highest BCUT2D eigenvalue weighted by Crippen LogP contribution is 2.22. The van der Waals surface area contributed by atoms with E-state index in [1.165, 1.54) is 0 Å². The summed E-state index contributed by atoms with van der Waals surface area (Å²) in [5.74, 6) is 0. The second kappa shape index (κ2) is 4.45. The Morgan fingerprint density at radius 2 is 1.75 bits per heavy atom. The highest BCUT2D eigenvalue weighted by Gasteiger charge is 2.10. The van der Waals surface area contributed by atoms with E-state index in [2.05, 4.69) is 11.1 Å². The minimum absolute atomic E-state index is 0.590.